The van der Waals surface area contributed by atoms with E-state index in [1.54, 1.807) is 7.11 Å². The van der Waals surface area contributed by atoms with Crippen LogP contribution < -0.4 is 4.74 Å². The first-order valence-electron chi connectivity index (χ1n) is 7.42. The Bertz CT molecular complexity index is 444. The summed E-state index contributed by atoms with van der Waals surface area (Å²) in [7, 11) is 3.83. The van der Waals surface area contributed by atoms with Crippen molar-refractivity contribution in [1.82, 2.24) is 4.90 Å². The maximum absolute atomic E-state index is 10.4. The van der Waals surface area contributed by atoms with Crippen LogP contribution in [0.2, 0.25) is 0 Å². The van der Waals surface area contributed by atoms with Crippen molar-refractivity contribution in [2.75, 3.05) is 20.7 Å². The maximum Gasteiger partial charge on any atom is 0.123 e. The molecule has 3 heteroatoms. The lowest BCUT2D eigenvalue weighted by atomic mass is 9.87. The van der Waals surface area contributed by atoms with Crippen molar-refractivity contribution < 1.29 is 9.84 Å². The molecule has 1 aromatic carbocycles. The first-order chi connectivity index (χ1) is 9.44. The van der Waals surface area contributed by atoms with Crippen LogP contribution in [0.15, 0.2) is 24.3 Å². The first-order valence-corrected chi connectivity index (χ1v) is 7.42. The lowest BCUT2D eigenvalue weighted by Crippen LogP contribution is -2.34. The fourth-order valence-corrected chi connectivity index (χ4v) is 3.28. The zero-order valence-corrected chi connectivity index (χ0v) is 13.1. The summed E-state index contributed by atoms with van der Waals surface area (Å²) in [6, 6.07) is 8.13. The quantitative estimate of drug-likeness (QED) is 0.898. The highest BCUT2D eigenvalue weighted by Crippen LogP contribution is 2.41. The van der Waals surface area contributed by atoms with E-state index in [2.05, 4.69) is 31.9 Å². The summed E-state index contributed by atoms with van der Waals surface area (Å²) in [5, 5.41) is 10.4. The van der Waals surface area contributed by atoms with Crippen LogP contribution in [0.4, 0.5) is 0 Å². The molecule has 2 unspecified atom stereocenters. The van der Waals surface area contributed by atoms with E-state index < -0.39 is 0 Å². The minimum atomic E-state index is -0.192. The zero-order valence-electron chi connectivity index (χ0n) is 13.1. The molecule has 1 aliphatic rings. The molecule has 0 spiro atoms. The first kappa shape index (κ1) is 15.3. The standard InChI is InChI=1S/C17H27NO2/c1-17(2)10-9-14(16(17)19)12-18(3)11-13-7-5-6-8-15(13)20-4/h5-8,14,16,19H,9-12H2,1-4H3. The van der Waals surface area contributed by atoms with Crippen molar-refractivity contribution in [2.24, 2.45) is 11.3 Å². The van der Waals surface area contributed by atoms with Crippen LogP contribution in [-0.4, -0.2) is 36.8 Å². The monoisotopic (exact) mass is 277 g/mol. The van der Waals surface area contributed by atoms with Gasteiger partial charge < -0.3 is 14.7 Å². The Labute approximate surface area is 122 Å². The van der Waals surface area contributed by atoms with Crippen LogP contribution in [0.1, 0.15) is 32.3 Å². The molecule has 0 bridgehead atoms. The molecule has 0 aliphatic heterocycles. The Morgan fingerprint density at radius 1 is 1.35 bits per heavy atom. The van der Waals surface area contributed by atoms with Crippen LogP contribution in [-0.2, 0) is 6.54 Å². The van der Waals surface area contributed by atoms with Gasteiger partial charge in [-0.2, -0.15) is 0 Å². The van der Waals surface area contributed by atoms with Gasteiger partial charge in [-0.05, 0) is 37.3 Å². The average molecular weight is 277 g/mol. The summed E-state index contributed by atoms with van der Waals surface area (Å²) >= 11 is 0. The Balaban J connectivity index is 1.95. The molecular weight excluding hydrogens is 250 g/mol. The summed E-state index contributed by atoms with van der Waals surface area (Å²) in [4.78, 5) is 2.28. The normalized spacial score (nSPS) is 25.1. The van der Waals surface area contributed by atoms with Crippen LogP contribution in [0.3, 0.4) is 0 Å². The number of ether oxygens (including phenoxy) is 1. The van der Waals surface area contributed by atoms with Crippen molar-refractivity contribution in [3.63, 3.8) is 0 Å². The summed E-state index contributed by atoms with van der Waals surface area (Å²) in [6.07, 6.45) is 2.04. The third-order valence-electron chi connectivity index (χ3n) is 4.59. The van der Waals surface area contributed by atoms with E-state index in [1.807, 2.05) is 18.2 Å². The summed E-state index contributed by atoms with van der Waals surface area (Å²) in [5.41, 5.74) is 1.26. The van der Waals surface area contributed by atoms with Crippen LogP contribution in [0.5, 0.6) is 5.75 Å². The van der Waals surface area contributed by atoms with Gasteiger partial charge in [-0.1, -0.05) is 32.0 Å². The highest BCUT2D eigenvalue weighted by molar-refractivity contribution is 5.33. The van der Waals surface area contributed by atoms with Gasteiger partial charge in [0, 0.05) is 18.7 Å². The van der Waals surface area contributed by atoms with Gasteiger partial charge in [-0.15, -0.1) is 0 Å². The third-order valence-corrected chi connectivity index (χ3v) is 4.59. The average Bonchev–Trinajstić information content (AvgIpc) is 2.66. The fraction of sp³-hybridized carbons (Fsp3) is 0.647. The van der Waals surface area contributed by atoms with Crippen molar-refractivity contribution >= 4 is 0 Å². The number of aliphatic hydroxyl groups is 1. The van der Waals surface area contributed by atoms with Crippen LogP contribution in [0, 0.1) is 11.3 Å². The lowest BCUT2D eigenvalue weighted by Gasteiger charge is -2.28. The number of aliphatic hydroxyl groups excluding tert-OH is 1. The predicted molar refractivity (Wildman–Crippen MR) is 81.8 cm³/mol. The van der Waals surface area contributed by atoms with E-state index in [9.17, 15) is 5.11 Å². The number of methoxy groups -OCH3 is 1. The van der Waals surface area contributed by atoms with Gasteiger partial charge in [-0.3, -0.25) is 0 Å². The van der Waals surface area contributed by atoms with Crippen molar-refractivity contribution in [1.29, 1.82) is 0 Å². The summed E-state index contributed by atoms with van der Waals surface area (Å²) in [6.45, 7) is 6.12. The Morgan fingerprint density at radius 3 is 2.65 bits per heavy atom. The topological polar surface area (TPSA) is 32.7 Å². The smallest absolute Gasteiger partial charge is 0.123 e. The molecule has 0 saturated heterocycles. The van der Waals surface area contributed by atoms with Crippen molar-refractivity contribution in [3.05, 3.63) is 29.8 Å². The molecule has 20 heavy (non-hydrogen) atoms. The number of hydrogen-bond acceptors (Lipinski definition) is 3. The minimum Gasteiger partial charge on any atom is -0.496 e. The van der Waals surface area contributed by atoms with Crippen molar-refractivity contribution in [2.45, 2.75) is 39.3 Å². The number of hydrogen-bond donors (Lipinski definition) is 1. The SMILES string of the molecule is COc1ccccc1CN(C)CC1CCC(C)(C)C1O. The van der Waals surface area contributed by atoms with Crippen LogP contribution >= 0.6 is 0 Å². The molecule has 0 heterocycles. The number of benzene rings is 1. The molecule has 1 saturated carbocycles. The highest BCUT2D eigenvalue weighted by atomic mass is 16.5. The Kier molecular flexibility index (Phi) is 4.71. The second-order valence-corrected chi connectivity index (χ2v) is 6.74. The van der Waals surface area contributed by atoms with E-state index in [0.717, 1.165) is 31.7 Å². The van der Waals surface area contributed by atoms with Gasteiger partial charge in [0.2, 0.25) is 0 Å². The molecular formula is C17H27NO2. The Hall–Kier alpha value is -1.06. The molecule has 0 amide bonds. The van der Waals surface area contributed by atoms with E-state index in [0.29, 0.717) is 5.92 Å². The van der Waals surface area contributed by atoms with E-state index in [1.165, 1.54) is 5.56 Å². The van der Waals surface area contributed by atoms with Gasteiger partial charge >= 0.3 is 0 Å². The highest BCUT2D eigenvalue weighted by Gasteiger charge is 2.40. The maximum atomic E-state index is 10.4. The predicted octanol–water partition coefficient (Wildman–Crippen LogP) is 2.92. The van der Waals surface area contributed by atoms with E-state index >= 15 is 0 Å². The van der Waals surface area contributed by atoms with E-state index in [-0.39, 0.29) is 11.5 Å². The summed E-state index contributed by atoms with van der Waals surface area (Å²) in [5.74, 6) is 1.32. The van der Waals surface area contributed by atoms with Gasteiger partial charge in [-0.25, -0.2) is 0 Å². The molecule has 3 nitrogen and oxygen atoms in total. The summed E-state index contributed by atoms with van der Waals surface area (Å²) < 4.78 is 5.39. The second-order valence-electron chi connectivity index (χ2n) is 6.74. The second kappa shape index (κ2) is 6.15. The molecule has 112 valence electrons. The molecule has 2 atom stereocenters. The third kappa shape index (κ3) is 3.33. The van der Waals surface area contributed by atoms with Gasteiger partial charge in [0.1, 0.15) is 5.75 Å². The van der Waals surface area contributed by atoms with Gasteiger partial charge in [0.05, 0.1) is 13.2 Å². The molecule has 1 fully saturated rings. The van der Waals surface area contributed by atoms with Crippen molar-refractivity contribution in [3.8, 4) is 5.75 Å². The molecule has 1 aromatic rings. The molecule has 0 radical (unpaired) electrons. The molecule has 1 aliphatic carbocycles. The number of rotatable bonds is 5. The molecule has 0 aromatic heterocycles. The van der Waals surface area contributed by atoms with Crippen LogP contribution in [0.25, 0.3) is 0 Å². The van der Waals surface area contributed by atoms with Gasteiger partial charge in [0.25, 0.3) is 0 Å². The lowest BCUT2D eigenvalue weighted by molar-refractivity contribution is 0.0347. The Morgan fingerprint density at radius 2 is 2.05 bits per heavy atom. The molecule has 1 N–H and O–H groups in total. The zero-order chi connectivity index (χ0) is 14.8. The largest absolute Gasteiger partial charge is 0.496 e. The minimum absolute atomic E-state index is 0.0654. The van der Waals surface area contributed by atoms with Gasteiger partial charge in [0.15, 0.2) is 0 Å². The van der Waals surface area contributed by atoms with E-state index in [4.69, 9.17) is 4.74 Å². The number of para-hydroxylation sites is 1. The fourth-order valence-electron chi connectivity index (χ4n) is 3.28. The molecule has 2 rings (SSSR count). The number of nitrogens with zero attached hydrogens (tertiary/aromatic N) is 1.